The topological polar surface area (TPSA) is 131 Å². The summed E-state index contributed by atoms with van der Waals surface area (Å²) in [6, 6.07) is 12.9. The molecule has 0 spiro atoms. The molecule has 0 fully saturated rings. The van der Waals surface area contributed by atoms with Gasteiger partial charge in [0.2, 0.25) is 19.4 Å². The molecule has 1 amide bonds. The molecule has 0 aliphatic carbocycles. The number of thioether (sulfide) groups is 1. The van der Waals surface area contributed by atoms with Crippen molar-refractivity contribution in [2.45, 2.75) is 6.42 Å². The van der Waals surface area contributed by atoms with Gasteiger partial charge in [-0.2, -0.15) is 10.0 Å². The van der Waals surface area contributed by atoms with E-state index in [0.29, 0.717) is 30.1 Å². The number of ether oxygens (including phenoxy) is 3. The van der Waals surface area contributed by atoms with Crippen LogP contribution in [0.5, 0.6) is 17.2 Å². The molecule has 2 aliphatic heterocycles. The predicted octanol–water partition coefficient (Wildman–Crippen LogP) is 3.50. The zero-order valence-electron chi connectivity index (χ0n) is 20.1. The van der Waals surface area contributed by atoms with Crippen molar-refractivity contribution < 1.29 is 27.4 Å². The zero-order valence-corrected chi connectivity index (χ0v) is 21.8. The van der Waals surface area contributed by atoms with Crippen LogP contribution in [0.1, 0.15) is 11.1 Å². The number of hydrogen-bond donors (Lipinski definition) is 1. The highest BCUT2D eigenvalue weighted by Crippen LogP contribution is 2.35. The predicted molar refractivity (Wildman–Crippen MR) is 144 cm³/mol. The van der Waals surface area contributed by atoms with Crippen LogP contribution < -0.4 is 14.2 Å². The number of allylic oxidation sites excluding steroid dienone is 1. The minimum absolute atomic E-state index is 0.0268. The third-order valence-electron chi connectivity index (χ3n) is 5.14. The monoisotopic (exact) mass is 540 g/mol. The zero-order chi connectivity index (χ0) is 26.6. The van der Waals surface area contributed by atoms with Gasteiger partial charge in [-0.3, -0.25) is 10.2 Å². The van der Waals surface area contributed by atoms with Crippen LogP contribution in [0.4, 0.5) is 0 Å². The first kappa shape index (κ1) is 26.2. The second kappa shape index (κ2) is 11.0. The van der Waals surface area contributed by atoms with Gasteiger partial charge in [0.15, 0.2) is 17.3 Å². The Hall–Kier alpha value is -3.90. The van der Waals surface area contributed by atoms with Crippen molar-refractivity contribution in [1.82, 2.24) is 5.01 Å². The van der Waals surface area contributed by atoms with Crippen LogP contribution in [0, 0.1) is 5.41 Å². The number of hydrogen-bond acceptors (Lipinski definition) is 9. The number of rotatable bonds is 9. The first-order chi connectivity index (χ1) is 17.7. The number of nitrogens with one attached hydrogen (secondary N) is 1. The summed E-state index contributed by atoms with van der Waals surface area (Å²) in [6.07, 6.45) is 4.67. The van der Waals surface area contributed by atoms with Crippen molar-refractivity contribution in [2.24, 2.45) is 10.1 Å². The highest BCUT2D eigenvalue weighted by molar-refractivity contribution is 8.42. The van der Waals surface area contributed by atoms with Crippen LogP contribution in [0.2, 0.25) is 0 Å². The van der Waals surface area contributed by atoms with Gasteiger partial charge in [-0.15, -0.1) is 11.7 Å². The summed E-state index contributed by atoms with van der Waals surface area (Å²) in [6.45, 7) is 4.40. The van der Waals surface area contributed by atoms with E-state index in [1.165, 1.54) is 13.2 Å². The van der Waals surface area contributed by atoms with E-state index in [2.05, 4.69) is 16.7 Å². The smallest absolute Gasteiger partial charge is 0.283 e. The molecule has 0 aromatic heterocycles. The van der Waals surface area contributed by atoms with E-state index in [9.17, 15) is 13.2 Å². The van der Waals surface area contributed by atoms with E-state index in [0.717, 1.165) is 34.3 Å². The number of amides is 1. The van der Waals surface area contributed by atoms with Gasteiger partial charge in [0.25, 0.3) is 5.91 Å². The third kappa shape index (κ3) is 5.92. The normalized spacial score (nSPS) is 16.3. The molecule has 0 radical (unpaired) electrons. The molecule has 0 unspecified atom stereocenters. The van der Waals surface area contributed by atoms with Crippen LogP contribution in [0.15, 0.2) is 70.8 Å². The number of benzene rings is 2. The van der Waals surface area contributed by atoms with E-state index in [4.69, 9.17) is 19.6 Å². The molecule has 4 rings (SSSR count). The maximum Gasteiger partial charge on any atom is 0.283 e. The summed E-state index contributed by atoms with van der Waals surface area (Å²) in [5.41, 5.74) is 1.28. The molecule has 2 aromatic rings. The SMILES string of the molecule is C=CCc1cc(/C=C2\C(=N)N3N=C(S(C)(=O)=O)SC3=NC2=O)cc(OC)c1OCCOc1ccccc1. The summed E-state index contributed by atoms with van der Waals surface area (Å²) in [5, 5.41) is 13.5. The van der Waals surface area contributed by atoms with Gasteiger partial charge in [-0.1, -0.05) is 24.3 Å². The highest BCUT2D eigenvalue weighted by atomic mass is 32.3. The fraction of sp³-hybridized carbons (Fsp3) is 0.200. The largest absolute Gasteiger partial charge is 0.493 e. The summed E-state index contributed by atoms with van der Waals surface area (Å²) in [4.78, 5) is 16.6. The minimum Gasteiger partial charge on any atom is -0.493 e. The van der Waals surface area contributed by atoms with Crippen molar-refractivity contribution >= 4 is 49.0 Å². The number of carbonyl (C=O) groups excluding carboxylic acids is 1. The molecule has 2 heterocycles. The van der Waals surface area contributed by atoms with Gasteiger partial charge in [0.05, 0.1) is 12.7 Å². The van der Waals surface area contributed by atoms with Crippen molar-refractivity contribution in [3.63, 3.8) is 0 Å². The molecule has 37 heavy (non-hydrogen) atoms. The van der Waals surface area contributed by atoms with E-state index in [-0.39, 0.29) is 27.6 Å². The maximum absolute atomic E-state index is 12.7. The Balaban J connectivity index is 1.59. The number of methoxy groups -OCH3 is 1. The first-order valence-electron chi connectivity index (χ1n) is 11.0. The molecule has 2 aliphatic rings. The maximum atomic E-state index is 12.7. The van der Waals surface area contributed by atoms with Gasteiger partial charge in [-0.25, -0.2) is 8.42 Å². The lowest BCUT2D eigenvalue weighted by molar-refractivity contribution is -0.114. The van der Waals surface area contributed by atoms with Crippen molar-refractivity contribution in [3.05, 3.63) is 71.8 Å². The van der Waals surface area contributed by atoms with Gasteiger partial charge < -0.3 is 14.2 Å². The second-order valence-corrected chi connectivity index (χ2v) is 11.0. The van der Waals surface area contributed by atoms with Gasteiger partial charge in [-0.05, 0) is 54.1 Å². The number of sulfone groups is 1. The average molecular weight is 541 g/mol. The molecule has 0 atom stereocenters. The molecular formula is C25H24N4O6S2. The van der Waals surface area contributed by atoms with E-state index < -0.39 is 15.7 Å². The number of para-hydroxylation sites is 1. The van der Waals surface area contributed by atoms with Crippen LogP contribution >= 0.6 is 11.8 Å². The lowest BCUT2D eigenvalue weighted by Crippen LogP contribution is -2.35. The highest BCUT2D eigenvalue weighted by Gasteiger charge is 2.38. The Morgan fingerprint density at radius 1 is 1.16 bits per heavy atom. The molecule has 0 saturated heterocycles. The number of nitrogens with zero attached hydrogens (tertiary/aromatic N) is 3. The van der Waals surface area contributed by atoms with E-state index >= 15 is 0 Å². The van der Waals surface area contributed by atoms with E-state index in [1.807, 2.05) is 30.3 Å². The van der Waals surface area contributed by atoms with Gasteiger partial charge in [0, 0.05) is 11.8 Å². The average Bonchev–Trinajstić information content (AvgIpc) is 3.31. The summed E-state index contributed by atoms with van der Waals surface area (Å²) < 4.78 is 40.7. The van der Waals surface area contributed by atoms with Crippen LogP contribution in [0.3, 0.4) is 0 Å². The Bertz CT molecular complexity index is 1450. The van der Waals surface area contributed by atoms with Crippen LogP contribution in [-0.2, 0) is 21.1 Å². The molecule has 10 nitrogen and oxygen atoms in total. The Labute approximate surface area is 218 Å². The standard InChI is InChI=1S/C25H24N4O6S2/c1-4-8-17-13-16(15-20(33-2)21(17)35-12-11-34-18-9-6-5-7-10-18)14-19-22(26)29-24(27-23(19)30)36-25(28-29)37(3,31)32/h4-7,9-10,13-15,26H,1,8,11-12H2,2-3H3/b19-14+,26-22?. The minimum atomic E-state index is -3.62. The molecular weight excluding hydrogens is 516 g/mol. The molecule has 2 aromatic carbocycles. The molecule has 1 N–H and O–H groups in total. The number of amidine groups is 2. The lowest BCUT2D eigenvalue weighted by atomic mass is 10.0. The molecule has 0 saturated carbocycles. The quantitative estimate of drug-likeness (QED) is 0.291. The van der Waals surface area contributed by atoms with Crippen molar-refractivity contribution in [1.29, 1.82) is 5.41 Å². The number of fused-ring (bicyclic) bond motifs is 1. The summed E-state index contributed by atoms with van der Waals surface area (Å²) >= 11 is 0.734. The number of aliphatic imine (C=N–C) groups is 1. The van der Waals surface area contributed by atoms with Gasteiger partial charge in [0.1, 0.15) is 19.0 Å². The molecule has 0 bridgehead atoms. The van der Waals surface area contributed by atoms with E-state index in [1.54, 1.807) is 18.2 Å². The Morgan fingerprint density at radius 2 is 1.89 bits per heavy atom. The molecule has 12 heteroatoms. The molecule has 192 valence electrons. The summed E-state index contributed by atoms with van der Waals surface area (Å²) in [7, 11) is -2.11. The Morgan fingerprint density at radius 3 is 2.57 bits per heavy atom. The van der Waals surface area contributed by atoms with Crippen LogP contribution in [0.25, 0.3) is 6.08 Å². The van der Waals surface area contributed by atoms with Gasteiger partial charge >= 0.3 is 0 Å². The van der Waals surface area contributed by atoms with Crippen molar-refractivity contribution in [2.75, 3.05) is 26.6 Å². The number of hydrazone groups is 1. The summed E-state index contributed by atoms with van der Waals surface area (Å²) in [5.74, 6) is 0.741. The van der Waals surface area contributed by atoms with Crippen molar-refractivity contribution in [3.8, 4) is 17.2 Å². The third-order valence-corrected chi connectivity index (χ3v) is 7.72. The second-order valence-electron chi connectivity index (χ2n) is 7.87. The Kier molecular flexibility index (Phi) is 7.79. The fourth-order valence-corrected chi connectivity index (χ4v) is 5.19. The fourth-order valence-electron chi connectivity index (χ4n) is 3.50. The van der Waals surface area contributed by atoms with Crippen LogP contribution in [-0.4, -0.2) is 61.3 Å². The first-order valence-corrected chi connectivity index (χ1v) is 13.7. The number of carbonyl (C=O) groups is 1. The lowest BCUT2D eigenvalue weighted by Gasteiger charge is -2.20.